The van der Waals surface area contributed by atoms with Gasteiger partial charge in [0.1, 0.15) is 5.75 Å². The summed E-state index contributed by atoms with van der Waals surface area (Å²) in [4.78, 5) is 9.51. The Kier molecular flexibility index (Phi) is 5.70. The predicted octanol–water partition coefficient (Wildman–Crippen LogP) is 3.02. The van der Waals surface area contributed by atoms with E-state index in [1.165, 1.54) is 16.9 Å². The fourth-order valence-corrected chi connectivity index (χ4v) is 3.19. The minimum Gasteiger partial charge on any atom is -0.495 e. The van der Waals surface area contributed by atoms with Crippen LogP contribution in [0.2, 0.25) is 0 Å². The maximum absolute atomic E-state index is 5.49. The molecule has 4 nitrogen and oxygen atoms in total. The maximum atomic E-state index is 5.49. The zero-order chi connectivity index (χ0) is 16.8. The second kappa shape index (κ2) is 8.15. The van der Waals surface area contributed by atoms with E-state index < -0.39 is 0 Å². The summed E-state index contributed by atoms with van der Waals surface area (Å²) in [6, 6.07) is 12.7. The number of hydrogen-bond donors (Lipinski definition) is 0. The van der Waals surface area contributed by atoms with Gasteiger partial charge in [-0.05, 0) is 30.2 Å². The van der Waals surface area contributed by atoms with E-state index in [1.54, 1.807) is 7.11 Å². The highest BCUT2D eigenvalue weighted by molar-refractivity contribution is 5.58. The number of para-hydroxylation sites is 2. The Hall–Kier alpha value is -2.07. The highest BCUT2D eigenvalue weighted by Crippen LogP contribution is 2.28. The first kappa shape index (κ1) is 16.8. The van der Waals surface area contributed by atoms with E-state index in [4.69, 9.17) is 4.74 Å². The monoisotopic (exact) mass is 325 g/mol. The van der Waals surface area contributed by atoms with Crippen LogP contribution < -0.4 is 9.64 Å². The number of methoxy groups -OCH3 is 1. The summed E-state index contributed by atoms with van der Waals surface area (Å²) in [5.74, 6) is 0.964. The molecule has 2 aromatic rings. The number of hydrogen-bond acceptors (Lipinski definition) is 4. The molecule has 128 valence electrons. The van der Waals surface area contributed by atoms with Gasteiger partial charge >= 0.3 is 0 Å². The van der Waals surface area contributed by atoms with Gasteiger partial charge in [0.25, 0.3) is 0 Å². The molecule has 1 aromatic heterocycles. The van der Waals surface area contributed by atoms with Crippen molar-refractivity contribution >= 4 is 5.69 Å². The first-order chi connectivity index (χ1) is 11.8. The van der Waals surface area contributed by atoms with Crippen molar-refractivity contribution in [3.63, 3.8) is 0 Å². The predicted molar refractivity (Wildman–Crippen MR) is 99.0 cm³/mol. The zero-order valence-electron chi connectivity index (χ0n) is 14.7. The molecular formula is C20H27N3O. The van der Waals surface area contributed by atoms with E-state index >= 15 is 0 Å². The molecule has 4 heteroatoms. The molecule has 0 N–H and O–H groups in total. The third kappa shape index (κ3) is 4.06. The number of anilines is 1. The van der Waals surface area contributed by atoms with E-state index in [0.29, 0.717) is 0 Å². The number of nitrogens with zero attached hydrogens (tertiary/aromatic N) is 3. The van der Waals surface area contributed by atoms with Gasteiger partial charge in [-0.1, -0.05) is 25.1 Å². The minimum absolute atomic E-state index is 0.964. The standard InChI is InChI=1S/C20H27N3O/c1-3-17-8-9-18(21-16-17)10-11-22-12-14-23(15-13-22)19-6-4-5-7-20(19)24-2/h4-9,16H,3,10-15H2,1-2H3. The van der Waals surface area contributed by atoms with Crippen molar-refractivity contribution in [1.82, 2.24) is 9.88 Å². The third-order valence-electron chi connectivity index (χ3n) is 4.78. The van der Waals surface area contributed by atoms with Gasteiger partial charge in [-0.25, -0.2) is 0 Å². The molecule has 1 aromatic carbocycles. The Morgan fingerprint density at radius 3 is 2.50 bits per heavy atom. The topological polar surface area (TPSA) is 28.6 Å². The van der Waals surface area contributed by atoms with Crippen molar-refractivity contribution in [3.8, 4) is 5.75 Å². The molecule has 3 rings (SSSR count). The molecular weight excluding hydrogens is 298 g/mol. The van der Waals surface area contributed by atoms with E-state index in [0.717, 1.165) is 51.3 Å². The summed E-state index contributed by atoms with van der Waals surface area (Å²) in [6.07, 6.45) is 4.09. The lowest BCUT2D eigenvalue weighted by Crippen LogP contribution is -2.47. The number of piperazine rings is 1. The quantitative estimate of drug-likeness (QED) is 0.816. The van der Waals surface area contributed by atoms with Crippen molar-refractivity contribution in [2.45, 2.75) is 19.8 Å². The molecule has 0 bridgehead atoms. The molecule has 1 saturated heterocycles. The van der Waals surface area contributed by atoms with Crippen molar-refractivity contribution in [1.29, 1.82) is 0 Å². The van der Waals surface area contributed by atoms with Crippen LogP contribution in [0.5, 0.6) is 5.75 Å². The number of pyridine rings is 1. The van der Waals surface area contributed by atoms with Crippen LogP contribution in [0.3, 0.4) is 0 Å². The smallest absolute Gasteiger partial charge is 0.142 e. The molecule has 0 saturated carbocycles. The van der Waals surface area contributed by atoms with Crippen molar-refractivity contribution < 1.29 is 4.74 Å². The average molecular weight is 325 g/mol. The molecule has 2 heterocycles. The Bertz CT molecular complexity index is 634. The van der Waals surface area contributed by atoms with Gasteiger partial charge in [-0.15, -0.1) is 0 Å². The summed E-state index contributed by atoms with van der Waals surface area (Å²) in [6.45, 7) is 7.51. The lowest BCUT2D eigenvalue weighted by Gasteiger charge is -2.36. The summed E-state index contributed by atoms with van der Waals surface area (Å²) < 4.78 is 5.49. The van der Waals surface area contributed by atoms with E-state index in [-0.39, 0.29) is 0 Å². The van der Waals surface area contributed by atoms with E-state index in [9.17, 15) is 0 Å². The molecule has 0 spiro atoms. The lowest BCUT2D eigenvalue weighted by molar-refractivity contribution is 0.259. The summed E-state index contributed by atoms with van der Waals surface area (Å²) in [5.41, 5.74) is 3.71. The van der Waals surface area contributed by atoms with Crippen LogP contribution >= 0.6 is 0 Å². The molecule has 1 aliphatic heterocycles. The van der Waals surface area contributed by atoms with Gasteiger partial charge in [0.15, 0.2) is 0 Å². The highest BCUT2D eigenvalue weighted by atomic mass is 16.5. The Labute approximate surface area is 145 Å². The second-order valence-electron chi connectivity index (χ2n) is 6.26. The van der Waals surface area contributed by atoms with Gasteiger partial charge in [-0.2, -0.15) is 0 Å². The fourth-order valence-electron chi connectivity index (χ4n) is 3.19. The number of aryl methyl sites for hydroxylation is 1. The number of ether oxygens (including phenoxy) is 1. The molecule has 1 aliphatic rings. The number of aromatic nitrogens is 1. The van der Waals surface area contributed by atoms with Gasteiger partial charge in [0.2, 0.25) is 0 Å². The summed E-state index contributed by atoms with van der Waals surface area (Å²) in [7, 11) is 1.74. The van der Waals surface area contributed by atoms with E-state index in [2.05, 4.69) is 46.0 Å². The first-order valence-corrected chi connectivity index (χ1v) is 8.84. The molecule has 0 amide bonds. The fraction of sp³-hybridized carbons (Fsp3) is 0.450. The SMILES string of the molecule is CCc1ccc(CCN2CCN(c3ccccc3OC)CC2)nc1. The van der Waals surface area contributed by atoms with E-state index in [1.807, 2.05) is 18.3 Å². The van der Waals surface area contributed by atoms with Gasteiger partial charge in [0.05, 0.1) is 12.8 Å². The zero-order valence-corrected chi connectivity index (χ0v) is 14.7. The van der Waals surface area contributed by atoms with Crippen LogP contribution in [0.4, 0.5) is 5.69 Å². The van der Waals surface area contributed by atoms with Gasteiger partial charge in [0, 0.05) is 51.0 Å². The van der Waals surface area contributed by atoms with Crippen LogP contribution in [-0.4, -0.2) is 49.7 Å². The third-order valence-corrected chi connectivity index (χ3v) is 4.78. The van der Waals surface area contributed by atoms with Crippen LogP contribution in [0, 0.1) is 0 Å². The molecule has 24 heavy (non-hydrogen) atoms. The normalized spacial score (nSPS) is 15.5. The van der Waals surface area contributed by atoms with Gasteiger partial charge < -0.3 is 9.64 Å². The second-order valence-corrected chi connectivity index (χ2v) is 6.26. The van der Waals surface area contributed by atoms with Crippen molar-refractivity contribution in [2.24, 2.45) is 0 Å². The average Bonchev–Trinajstić information content (AvgIpc) is 2.67. The first-order valence-electron chi connectivity index (χ1n) is 8.84. The van der Waals surface area contributed by atoms with Crippen LogP contribution in [-0.2, 0) is 12.8 Å². The highest BCUT2D eigenvalue weighted by Gasteiger charge is 2.19. The molecule has 0 aliphatic carbocycles. The number of rotatable bonds is 6. The van der Waals surface area contributed by atoms with Crippen molar-refractivity contribution in [2.75, 3.05) is 44.7 Å². The van der Waals surface area contributed by atoms with Crippen LogP contribution in [0.15, 0.2) is 42.6 Å². The summed E-state index contributed by atoms with van der Waals surface area (Å²) in [5, 5.41) is 0. The Morgan fingerprint density at radius 2 is 1.83 bits per heavy atom. The number of benzene rings is 1. The van der Waals surface area contributed by atoms with Gasteiger partial charge in [-0.3, -0.25) is 9.88 Å². The molecule has 1 fully saturated rings. The van der Waals surface area contributed by atoms with Crippen LogP contribution in [0.1, 0.15) is 18.2 Å². The minimum atomic E-state index is 0.964. The summed E-state index contributed by atoms with van der Waals surface area (Å²) >= 11 is 0. The molecule has 0 unspecified atom stereocenters. The largest absolute Gasteiger partial charge is 0.495 e. The Balaban J connectivity index is 1.49. The lowest BCUT2D eigenvalue weighted by atomic mass is 10.2. The molecule has 0 atom stereocenters. The molecule has 0 radical (unpaired) electrons. The Morgan fingerprint density at radius 1 is 1.04 bits per heavy atom. The maximum Gasteiger partial charge on any atom is 0.142 e. The van der Waals surface area contributed by atoms with Crippen LogP contribution in [0.25, 0.3) is 0 Å². The van der Waals surface area contributed by atoms with Crippen molar-refractivity contribution in [3.05, 3.63) is 53.9 Å².